The number of rotatable bonds is 4. The van der Waals surface area contributed by atoms with E-state index < -0.39 is 11.9 Å². The van der Waals surface area contributed by atoms with Crippen LogP contribution in [0.15, 0.2) is 43.0 Å². The molecule has 16 heavy (non-hydrogen) atoms. The molecule has 0 atom stereocenters. The van der Waals surface area contributed by atoms with Crippen LogP contribution in [0, 0.1) is 0 Å². The fraction of sp³-hybridized carbons (Fsp3) is 0. The van der Waals surface area contributed by atoms with Gasteiger partial charge in [-0.15, -0.1) is 0 Å². The molecule has 4 nitrogen and oxygen atoms in total. The van der Waals surface area contributed by atoms with Gasteiger partial charge in [0.15, 0.2) is 0 Å². The molecule has 0 saturated heterocycles. The molecule has 1 N–H and O–H groups in total. The molecular formula is C12H10O4. The van der Waals surface area contributed by atoms with E-state index in [1.54, 1.807) is 30.3 Å². The first-order chi connectivity index (χ1) is 7.61. The van der Waals surface area contributed by atoms with Gasteiger partial charge in [0.25, 0.3) is 0 Å². The van der Waals surface area contributed by atoms with Gasteiger partial charge in [-0.05, 0) is 17.7 Å². The number of aliphatic carboxylic acids is 1. The maximum atomic E-state index is 11.1. The zero-order valence-corrected chi connectivity index (χ0v) is 8.42. The number of benzene rings is 1. The Hall–Kier alpha value is -2.36. The van der Waals surface area contributed by atoms with Gasteiger partial charge in [-0.25, -0.2) is 9.59 Å². The van der Waals surface area contributed by atoms with Gasteiger partial charge in [0, 0.05) is 12.2 Å². The smallest absolute Gasteiger partial charge is 0.336 e. The number of hydrogen-bond acceptors (Lipinski definition) is 3. The SMILES string of the molecule is C=Cc1ccc(OC(=O)/C=C\C(=O)O)cc1. The molecule has 1 aromatic rings. The Balaban J connectivity index is 2.62. The monoisotopic (exact) mass is 218 g/mol. The fourth-order valence-corrected chi connectivity index (χ4v) is 0.961. The van der Waals surface area contributed by atoms with Crippen molar-refractivity contribution in [3.8, 4) is 5.75 Å². The van der Waals surface area contributed by atoms with Crippen molar-refractivity contribution in [1.82, 2.24) is 0 Å². The van der Waals surface area contributed by atoms with Gasteiger partial charge in [0.2, 0.25) is 0 Å². The Bertz CT molecular complexity index is 429. The summed E-state index contributed by atoms with van der Waals surface area (Å²) < 4.78 is 4.84. The van der Waals surface area contributed by atoms with Crippen LogP contribution in [-0.4, -0.2) is 17.0 Å². The van der Waals surface area contributed by atoms with Crippen LogP contribution in [0.1, 0.15) is 5.56 Å². The molecule has 82 valence electrons. The molecule has 0 fully saturated rings. The highest BCUT2D eigenvalue weighted by atomic mass is 16.5. The molecular weight excluding hydrogens is 208 g/mol. The summed E-state index contributed by atoms with van der Waals surface area (Å²) in [5, 5.41) is 8.29. The maximum absolute atomic E-state index is 11.1. The third kappa shape index (κ3) is 3.79. The highest BCUT2D eigenvalue weighted by molar-refractivity contribution is 5.91. The van der Waals surface area contributed by atoms with E-state index in [0.717, 1.165) is 17.7 Å². The number of esters is 1. The number of carbonyl (C=O) groups excluding carboxylic acids is 1. The number of carbonyl (C=O) groups is 2. The Labute approximate surface area is 92.5 Å². The predicted octanol–water partition coefficient (Wildman–Crippen LogP) is 1.88. The van der Waals surface area contributed by atoms with Gasteiger partial charge in [-0.3, -0.25) is 0 Å². The summed E-state index contributed by atoms with van der Waals surface area (Å²) in [4.78, 5) is 21.2. The minimum Gasteiger partial charge on any atom is -0.478 e. The van der Waals surface area contributed by atoms with E-state index in [9.17, 15) is 9.59 Å². The van der Waals surface area contributed by atoms with E-state index in [0.29, 0.717) is 5.75 Å². The fourth-order valence-electron chi connectivity index (χ4n) is 0.961. The van der Waals surface area contributed by atoms with E-state index in [-0.39, 0.29) is 0 Å². The van der Waals surface area contributed by atoms with Gasteiger partial charge in [0.1, 0.15) is 5.75 Å². The second kappa shape index (κ2) is 5.50. The first-order valence-electron chi connectivity index (χ1n) is 4.47. The Kier molecular flexibility index (Phi) is 4.03. The van der Waals surface area contributed by atoms with Crippen LogP contribution in [0.25, 0.3) is 6.08 Å². The third-order valence-corrected chi connectivity index (χ3v) is 1.70. The molecule has 1 rings (SSSR count). The lowest BCUT2D eigenvalue weighted by Gasteiger charge is -2.00. The standard InChI is InChI=1S/C12H10O4/c1-2-9-3-5-10(6-4-9)16-12(15)8-7-11(13)14/h2-8H,1H2,(H,13,14)/b8-7-. The number of carboxylic acid groups (broad SMARTS) is 1. The van der Waals surface area contributed by atoms with Crippen LogP contribution in [0.4, 0.5) is 0 Å². The largest absolute Gasteiger partial charge is 0.478 e. The Morgan fingerprint density at radius 3 is 2.31 bits per heavy atom. The molecule has 0 radical (unpaired) electrons. The summed E-state index contributed by atoms with van der Waals surface area (Å²) in [6.45, 7) is 3.59. The molecule has 4 heteroatoms. The lowest BCUT2D eigenvalue weighted by Crippen LogP contribution is -2.04. The van der Waals surface area contributed by atoms with Crippen molar-refractivity contribution < 1.29 is 19.4 Å². The predicted molar refractivity (Wildman–Crippen MR) is 58.9 cm³/mol. The van der Waals surface area contributed by atoms with E-state index in [1.807, 2.05) is 0 Å². The normalized spacial score (nSPS) is 10.0. The molecule has 0 bridgehead atoms. The molecule has 1 aromatic carbocycles. The van der Waals surface area contributed by atoms with Gasteiger partial charge >= 0.3 is 11.9 Å². The van der Waals surface area contributed by atoms with Crippen LogP contribution in [0.2, 0.25) is 0 Å². The second-order valence-corrected chi connectivity index (χ2v) is 2.87. The average molecular weight is 218 g/mol. The first-order valence-corrected chi connectivity index (χ1v) is 4.47. The zero-order chi connectivity index (χ0) is 12.0. The van der Waals surface area contributed by atoms with Crippen LogP contribution < -0.4 is 4.74 Å². The summed E-state index contributed by atoms with van der Waals surface area (Å²) in [6.07, 6.45) is 3.24. The van der Waals surface area contributed by atoms with Crippen molar-refractivity contribution in [3.63, 3.8) is 0 Å². The van der Waals surface area contributed by atoms with E-state index in [2.05, 4.69) is 6.58 Å². The quantitative estimate of drug-likeness (QED) is 0.476. The second-order valence-electron chi connectivity index (χ2n) is 2.87. The maximum Gasteiger partial charge on any atom is 0.336 e. The van der Waals surface area contributed by atoms with Crippen LogP contribution in [0.3, 0.4) is 0 Å². The summed E-state index contributed by atoms with van der Waals surface area (Å²) in [6, 6.07) is 6.67. The summed E-state index contributed by atoms with van der Waals surface area (Å²) in [5.74, 6) is -1.57. The van der Waals surface area contributed by atoms with Crippen LogP contribution >= 0.6 is 0 Å². The Morgan fingerprint density at radius 1 is 1.19 bits per heavy atom. The minimum atomic E-state index is -1.20. The summed E-state index contributed by atoms with van der Waals surface area (Å²) >= 11 is 0. The molecule has 0 amide bonds. The molecule has 0 saturated carbocycles. The van der Waals surface area contributed by atoms with E-state index in [4.69, 9.17) is 9.84 Å². The van der Waals surface area contributed by atoms with Crippen LogP contribution in [-0.2, 0) is 9.59 Å². The van der Waals surface area contributed by atoms with Crippen molar-refractivity contribution in [2.45, 2.75) is 0 Å². The lowest BCUT2D eigenvalue weighted by atomic mass is 10.2. The lowest BCUT2D eigenvalue weighted by molar-refractivity contribution is -0.133. The van der Waals surface area contributed by atoms with Crippen molar-refractivity contribution in [1.29, 1.82) is 0 Å². The van der Waals surface area contributed by atoms with E-state index in [1.165, 1.54) is 0 Å². The molecule has 0 aliphatic heterocycles. The molecule has 0 aliphatic carbocycles. The van der Waals surface area contributed by atoms with E-state index >= 15 is 0 Å². The third-order valence-electron chi connectivity index (χ3n) is 1.70. The van der Waals surface area contributed by atoms with Crippen molar-refractivity contribution in [2.24, 2.45) is 0 Å². The Morgan fingerprint density at radius 2 is 1.81 bits per heavy atom. The molecule has 0 unspecified atom stereocenters. The zero-order valence-electron chi connectivity index (χ0n) is 8.42. The molecule has 0 spiro atoms. The van der Waals surface area contributed by atoms with Gasteiger partial charge in [0.05, 0.1) is 0 Å². The van der Waals surface area contributed by atoms with Gasteiger partial charge in [-0.2, -0.15) is 0 Å². The van der Waals surface area contributed by atoms with Crippen molar-refractivity contribution in [3.05, 3.63) is 48.6 Å². The van der Waals surface area contributed by atoms with Crippen molar-refractivity contribution >= 4 is 18.0 Å². The van der Waals surface area contributed by atoms with Gasteiger partial charge < -0.3 is 9.84 Å². The minimum absolute atomic E-state index is 0.352. The molecule has 0 heterocycles. The topological polar surface area (TPSA) is 63.6 Å². The molecule has 0 aliphatic rings. The van der Waals surface area contributed by atoms with Crippen molar-refractivity contribution in [2.75, 3.05) is 0 Å². The summed E-state index contributed by atoms with van der Waals surface area (Å²) in [7, 11) is 0. The summed E-state index contributed by atoms with van der Waals surface area (Å²) in [5.41, 5.74) is 0.904. The van der Waals surface area contributed by atoms with Crippen LogP contribution in [0.5, 0.6) is 5.75 Å². The first kappa shape index (κ1) is 11.7. The number of carboxylic acids is 1. The molecule has 0 aromatic heterocycles. The highest BCUT2D eigenvalue weighted by Gasteiger charge is 2.00. The number of hydrogen-bond donors (Lipinski definition) is 1. The average Bonchev–Trinajstić information content (AvgIpc) is 2.27. The number of ether oxygens (including phenoxy) is 1. The highest BCUT2D eigenvalue weighted by Crippen LogP contribution is 2.12. The van der Waals surface area contributed by atoms with Gasteiger partial charge in [-0.1, -0.05) is 24.8 Å².